The van der Waals surface area contributed by atoms with Crippen LogP contribution in [-0.2, 0) is 83.9 Å². The summed E-state index contributed by atoms with van der Waals surface area (Å²) in [5.41, 5.74) is 11.1. The molecule has 4 atom stereocenters. The fraction of sp³-hybridized carbons (Fsp3) is 0.724. The highest BCUT2D eigenvalue weighted by Gasteiger charge is 2.71. The van der Waals surface area contributed by atoms with Crippen molar-refractivity contribution in [2.45, 2.75) is 379 Å². The van der Waals surface area contributed by atoms with E-state index in [1.807, 2.05) is 0 Å². The summed E-state index contributed by atoms with van der Waals surface area (Å²) in [5.74, 6) is 0. The van der Waals surface area contributed by atoms with Crippen molar-refractivity contribution in [2.75, 3.05) is 13.2 Å². The van der Waals surface area contributed by atoms with Gasteiger partial charge in [-0.3, -0.25) is 0 Å². The lowest BCUT2D eigenvalue weighted by Crippen LogP contribution is -2.62. The molecule has 0 saturated carbocycles. The lowest BCUT2D eigenvalue weighted by Gasteiger charge is -2.65. The van der Waals surface area contributed by atoms with Crippen molar-refractivity contribution in [1.29, 1.82) is 0 Å². The molecule has 0 radical (unpaired) electrons. The molecule has 6 rings (SSSR count). The molecule has 4 aromatic carbocycles. The third-order valence-corrected chi connectivity index (χ3v) is 20.6. The molecule has 4 aromatic rings. The molecule has 4 unspecified atom stereocenters. The highest BCUT2D eigenvalue weighted by atomic mass is 16.7. The van der Waals surface area contributed by atoms with Gasteiger partial charge in [0.25, 0.3) is 0 Å². The predicted octanol–water partition coefficient (Wildman–Crippen LogP) is 23.3. The molecule has 2 aliphatic heterocycles. The fourth-order valence-electron chi connectivity index (χ4n) is 14.5. The summed E-state index contributed by atoms with van der Waals surface area (Å²) in [4.78, 5) is 0. The molecule has 6 nitrogen and oxygen atoms in total. The van der Waals surface area contributed by atoms with Crippen LogP contribution in [0.4, 0.5) is 0 Å². The maximum atomic E-state index is 12.2. The number of ether oxygens (including phenoxy) is 4. The van der Waals surface area contributed by atoms with Crippen molar-refractivity contribution in [1.82, 2.24) is 0 Å². The molecule has 0 amide bonds. The standard InChI is InChI=1S/C87H140O6/c1-73(2,3)51-41-55(77(13,14)15)63(56(42-51)78(16,17)18)67-87(68(91-71(90-67)85(37,38)49-88)64-57(79(19,20)21)43-52(74(4,5)6)44-58(64)80(22,23)24)69(65-59(81(25,26)27)45-53(75(7,8)9)46-60(65)82(28,29)30)92-72(86(39,40)50-89)93-70(87)66-61(83(31,32)33)47-54(76(10,11)12)48-62(66)84(34,35)36/h41-48,67-72,88-89H,49-50H2,1-40H3. The van der Waals surface area contributed by atoms with E-state index in [0.717, 1.165) is 22.3 Å². The second-order valence-electron chi connectivity index (χ2n) is 43.0. The monoisotopic (exact) mass is 1280 g/mol. The van der Waals surface area contributed by atoms with E-state index < -0.39 is 96.6 Å². The smallest absolute Gasteiger partial charge is 0.166 e. The van der Waals surface area contributed by atoms with Gasteiger partial charge < -0.3 is 29.2 Å². The van der Waals surface area contributed by atoms with Crippen LogP contribution in [0.15, 0.2) is 48.5 Å². The Hall–Kier alpha value is -3.36. The Labute approximate surface area is 572 Å². The maximum absolute atomic E-state index is 12.2. The molecule has 93 heavy (non-hydrogen) atoms. The van der Waals surface area contributed by atoms with Gasteiger partial charge in [0.15, 0.2) is 12.6 Å². The first-order chi connectivity index (χ1) is 41.1. The Morgan fingerprint density at radius 2 is 0.366 bits per heavy atom. The molecule has 1 spiro atoms. The summed E-state index contributed by atoms with van der Waals surface area (Å²) in [7, 11) is 0. The van der Waals surface area contributed by atoms with Gasteiger partial charge in [0.1, 0.15) is 24.4 Å². The molecule has 0 aliphatic carbocycles. The molecule has 6 heteroatoms. The van der Waals surface area contributed by atoms with Crippen LogP contribution in [-0.4, -0.2) is 36.0 Å². The Kier molecular flexibility index (Phi) is 20.7. The second kappa shape index (κ2) is 24.5. The average molecular weight is 1280 g/mol. The van der Waals surface area contributed by atoms with Gasteiger partial charge in [0.05, 0.1) is 18.6 Å². The number of hydrogen-bond acceptors (Lipinski definition) is 6. The summed E-state index contributed by atoms with van der Waals surface area (Å²) in [5, 5.41) is 24.4. The molecule has 2 heterocycles. The first-order valence-corrected chi connectivity index (χ1v) is 35.7. The van der Waals surface area contributed by atoms with E-state index in [0.29, 0.717) is 0 Å². The summed E-state index contributed by atoms with van der Waals surface area (Å²) >= 11 is 0. The Bertz CT molecular complexity index is 2770. The minimum Gasteiger partial charge on any atom is -0.396 e. The number of aliphatic hydroxyl groups is 2. The van der Waals surface area contributed by atoms with Gasteiger partial charge in [-0.15, -0.1) is 0 Å². The zero-order valence-corrected chi connectivity index (χ0v) is 67.5. The zero-order valence-electron chi connectivity index (χ0n) is 67.5. The Morgan fingerprint density at radius 1 is 0.237 bits per heavy atom. The summed E-state index contributed by atoms with van der Waals surface area (Å²) in [6, 6.07) is 20.1. The molecular formula is C87H140O6. The van der Waals surface area contributed by atoms with Gasteiger partial charge in [0.2, 0.25) is 0 Å². The van der Waals surface area contributed by atoms with Crippen LogP contribution < -0.4 is 0 Å². The van der Waals surface area contributed by atoms with Crippen LogP contribution >= 0.6 is 0 Å². The van der Waals surface area contributed by atoms with Crippen molar-refractivity contribution < 1.29 is 29.2 Å². The van der Waals surface area contributed by atoms with Crippen molar-refractivity contribution >= 4 is 0 Å². The fourth-order valence-corrected chi connectivity index (χ4v) is 14.5. The Morgan fingerprint density at radius 3 is 0.462 bits per heavy atom. The number of hydrogen-bond donors (Lipinski definition) is 2. The largest absolute Gasteiger partial charge is 0.396 e. The lowest BCUT2D eigenvalue weighted by molar-refractivity contribution is -0.432. The normalized spacial score (nSPS) is 22.7. The predicted molar refractivity (Wildman–Crippen MR) is 397 cm³/mol. The SMILES string of the molecule is CC(C)(C)c1cc(C(C)(C)C)c(C2OC(C(C)(C)CO)OC(c3c(C(C)(C)C)cc(C(C)(C)C)cc3C(C)(C)C)C23C(c2c(C(C)(C)C)cc(C(C)(C)C)cc2C(C)(C)C)OC(C(C)(C)CO)OC3c2c(C(C)(C)C)cc(C(C)(C)C)cc2C(C)(C)C)c(C(C)(C)C)c1. The topological polar surface area (TPSA) is 77.4 Å². The van der Waals surface area contributed by atoms with Gasteiger partial charge in [-0.2, -0.15) is 0 Å². The average Bonchev–Trinajstić information content (AvgIpc) is 0.670. The summed E-state index contributed by atoms with van der Waals surface area (Å²) in [6.45, 7) is 93.4. The third-order valence-electron chi connectivity index (χ3n) is 20.6. The van der Waals surface area contributed by atoms with Crippen LogP contribution in [0, 0.1) is 16.2 Å². The molecule has 2 aliphatic rings. The van der Waals surface area contributed by atoms with Crippen LogP contribution in [0.5, 0.6) is 0 Å². The number of aliphatic hydroxyl groups excluding tert-OH is 2. The van der Waals surface area contributed by atoms with Gasteiger partial charge in [-0.05, 0) is 154 Å². The molecule has 524 valence electrons. The molecule has 0 bridgehead atoms. The quantitative estimate of drug-likeness (QED) is 0.183. The van der Waals surface area contributed by atoms with Crippen molar-refractivity contribution in [3.05, 3.63) is 138 Å². The van der Waals surface area contributed by atoms with Gasteiger partial charge in [-0.25, -0.2) is 0 Å². The number of rotatable bonds is 8. The van der Waals surface area contributed by atoms with Gasteiger partial charge >= 0.3 is 0 Å². The molecule has 2 saturated heterocycles. The van der Waals surface area contributed by atoms with Crippen LogP contribution in [0.1, 0.15) is 390 Å². The number of benzene rings is 4. The minimum absolute atomic E-state index is 0.202. The highest BCUT2D eigenvalue weighted by molar-refractivity contribution is 5.59. The maximum Gasteiger partial charge on any atom is 0.166 e. The Balaban J connectivity index is 2.37. The summed E-state index contributed by atoms with van der Waals surface area (Å²) in [6.07, 6.45) is -5.53. The van der Waals surface area contributed by atoms with E-state index in [1.54, 1.807) is 0 Å². The molecular weight excluding hydrogens is 1140 g/mol. The van der Waals surface area contributed by atoms with Crippen LogP contribution in [0.3, 0.4) is 0 Å². The second-order valence-corrected chi connectivity index (χ2v) is 43.0. The van der Waals surface area contributed by atoms with Gasteiger partial charge in [0, 0.05) is 10.8 Å². The molecule has 2 N–H and O–H groups in total. The van der Waals surface area contributed by atoms with E-state index >= 15 is 0 Å². The van der Waals surface area contributed by atoms with E-state index in [4.69, 9.17) is 18.9 Å². The van der Waals surface area contributed by atoms with Crippen molar-refractivity contribution in [2.24, 2.45) is 16.2 Å². The van der Waals surface area contributed by atoms with Gasteiger partial charge in [-0.1, -0.05) is 325 Å². The van der Waals surface area contributed by atoms with Crippen molar-refractivity contribution in [3.63, 3.8) is 0 Å². The van der Waals surface area contributed by atoms with Crippen LogP contribution in [0.25, 0.3) is 0 Å². The zero-order chi connectivity index (χ0) is 72.1. The molecule has 2 fully saturated rings. The lowest BCUT2D eigenvalue weighted by atomic mass is 9.53. The van der Waals surface area contributed by atoms with E-state index in [1.165, 1.54) is 66.8 Å². The first-order valence-electron chi connectivity index (χ1n) is 35.7. The molecule has 0 aromatic heterocycles. The van der Waals surface area contributed by atoms with E-state index in [2.05, 4.69) is 325 Å². The minimum atomic E-state index is -1.46. The van der Waals surface area contributed by atoms with E-state index in [-0.39, 0.29) is 34.9 Å². The highest BCUT2D eigenvalue weighted by Crippen LogP contribution is 2.74. The summed E-state index contributed by atoms with van der Waals surface area (Å²) < 4.78 is 34.9. The third kappa shape index (κ3) is 15.6. The van der Waals surface area contributed by atoms with Crippen LogP contribution in [0.2, 0.25) is 0 Å². The first kappa shape index (κ1) is 78.6. The van der Waals surface area contributed by atoms with Crippen molar-refractivity contribution in [3.8, 4) is 0 Å². The van der Waals surface area contributed by atoms with E-state index in [9.17, 15) is 10.2 Å².